The normalized spacial score (nSPS) is 15.2. The first-order valence-electron chi connectivity index (χ1n) is 3.20. The van der Waals surface area contributed by atoms with Gasteiger partial charge in [-0.3, -0.25) is 9.80 Å². The molecule has 0 aromatic carbocycles. The summed E-state index contributed by atoms with van der Waals surface area (Å²) in [5, 5.41) is 10.1. The van der Waals surface area contributed by atoms with Crippen LogP contribution in [0.4, 0.5) is 0 Å². The highest BCUT2D eigenvalue weighted by molar-refractivity contribution is 5.68. The van der Waals surface area contributed by atoms with Gasteiger partial charge in [-0.2, -0.15) is 0 Å². The Labute approximate surface area is 50.1 Å². The van der Waals surface area contributed by atoms with Crippen LogP contribution in [0.2, 0.25) is 0 Å². The number of rotatable bonds is 3. The highest BCUT2D eigenvalue weighted by atomic mass is 16.4. The van der Waals surface area contributed by atoms with E-state index in [-0.39, 0.29) is 5.01 Å². The third-order valence-corrected chi connectivity index (χ3v) is 0.384. The first-order chi connectivity index (χ1) is 4.88. The second-order valence-corrected chi connectivity index (χ2v) is 1.03. The molecule has 0 aromatic heterocycles. The molecule has 5 heteroatoms. The van der Waals surface area contributed by atoms with Gasteiger partial charge < -0.3 is 5.11 Å². The van der Waals surface area contributed by atoms with Crippen LogP contribution in [0.3, 0.4) is 0 Å². The molecule has 0 unspecified atom stereocenters. The fourth-order valence-electron chi connectivity index (χ4n) is 0.157. The fourth-order valence-corrected chi connectivity index (χ4v) is 0.157. The van der Waals surface area contributed by atoms with Crippen molar-refractivity contribution in [1.29, 1.82) is 0 Å². The van der Waals surface area contributed by atoms with Crippen LogP contribution in [0.15, 0.2) is 5.29 Å². The predicted molar refractivity (Wildman–Crippen MR) is 26.1 cm³/mol. The molecule has 5 nitrogen and oxygen atoms in total. The number of carboxylic acid groups (broad SMARTS) is 1. The Morgan fingerprint density at radius 3 is 2.88 bits per heavy atom. The minimum absolute atomic E-state index is 0.0185. The molecule has 0 saturated carbocycles. The van der Waals surface area contributed by atoms with Crippen molar-refractivity contribution < 1.29 is 14.0 Å². The summed E-state index contributed by atoms with van der Waals surface area (Å²) in [6, 6.07) is 0. The van der Waals surface area contributed by atoms with Gasteiger partial charge in [0, 0.05) is 11.1 Å². The van der Waals surface area contributed by atoms with E-state index in [0.717, 1.165) is 0 Å². The molecule has 0 fully saturated rings. The van der Waals surface area contributed by atoms with Crippen LogP contribution in [0.25, 0.3) is 0 Å². The van der Waals surface area contributed by atoms with E-state index in [9.17, 15) is 9.70 Å². The third kappa shape index (κ3) is 3.08. The van der Waals surface area contributed by atoms with Crippen molar-refractivity contribution in [2.45, 2.75) is 0 Å². The molecule has 0 radical (unpaired) electrons. The Hall–Kier alpha value is -1.13. The molecular weight excluding hydrogens is 112 g/mol. The zero-order valence-corrected chi connectivity index (χ0v) is 3.87. The van der Waals surface area contributed by atoms with E-state index in [1.807, 2.05) is 5.29 Å². The number of hydrogen-bond donors (Lipinski definition) is 1. The van der Waals surface area contributed by atoms with Crippen LogP contribution in [0.5, 0.6) is 0 Å². The third-order valence-electron chi connectivity index (χ3n) is 0.384. The first-order valence-corrected chi connectivity index (χ1v) is 1.70. The molecule has 0 aliphatic carbocycles. The standard InChI is InChI=1S/C3H6N2O3/c1-5(4-8)2-3(6)7/h2H2,1H3,(H,6,7)/i1D3. The van der Waals surface area contributed by atoms with Crippen LogP contribution in [-0.4, -0.2) is 29.6 Å². The first kappa shape index (κ1) is 3.01. The maximum absolute atomic E-state index is 9.92. The van der Waals surface area contributed by atoms with Crippen molar-refractivity contribution in [1.82, 2.24) is 5.01 Å². The molecule has 0 heterocycles. The number of likely N-dealkylation sites (N-methyl/N-ethyl adjacent to an activating group) is 1. The van der Waals surface area contributed by atoms with Gasteiger partial charge in [0.15, 0.2) is 0 Å². The van der Waals surface area contributed by atoms with Gasteiger partial charge in [-0.1, -0.05) is 0 Å². The molecule has 0 aliphatic heterocycles. The molecule has 0 rings (SSSR count). The quantitative estimate of drug-likeness (QED) is 0.410. The summed E-state index contributed by atoms with van der Waals surface area (Å²) >= 11 is 0. The van der Waals surface area contributed by atoms with Gasteiger partial charge >= 0.3 is 5.97 Å². The summed E-state index contributed by atoms with van der Waals surface area (Å²) in [6.45, 7) is -3.69. The summed E-state index contributed by atoms with van der Waals surface area (Å²) in [7, 11) is 0. The molecule has 0 aliphatic rings. The van der Waals surface area contributed by atoms with Crippen LogP contribution < -0.4 is 0 Å². The van der Waals surface area contributed by atoms with Crippen molar-refractivity contribution in [3.8, 4) is 0 Å². The smallest absolute Gasteiger partial charge is 0.324 e. The van der Waals surface area contributed by atoms with Gasteiger partial charge in [0.1, 0.15) is 6.54 Å². The van der Waals surface area contributed by atoms with Gasteiger partial charge in [0.2, 0.25) is 0 Å². The van der Waals surface area contributed by atoms with E-state index in [0.29, 0.717) is 0 Å². The second-order valence-electron chi connectivity index (χ2n) is 1.03. The summed E-state index contributed by atoms with van der Waals surface area (Å²) in [5.74, 6) is -1.42. The minimum atomic E-state index is -2.78. The lowest BCUT2D eigenvalue weighted by Crippen LogP contribution is -2.19. The Kier molecular flexibility index (Phi) is 1.11. The molecular formula is C3H6N2O3. The van der Waals surface area contributed by atoms with E-state index in [1.165, 1.54) is 0 Å². The number of carboxylic acids is 1. The lowest BCUT2D eigenvalue weighted by atomic mass is 10.7. The van der Waals surface area contributed by atoms with Crippen molar-refractivity contribution >= 4 is 5.97 Å². The van der Waals surface area contributed by atoms with Gasteiger partial charge in [0.25, 0.3) is 0 Å². The van der Waals surface area contributed by atoms with Crippen LogP contribution in [0.1, 0.15) is 4.11 Å². The fraction of sp³-hybridized carbons (Fsp3) is 0.667. The topological polar surface area (TPSA) is 70.0 Å². The molecule has 0 bridgehead atoms. The average molecular weight is 121 g/mol. The largest absolute Gasteiger partial charge is 0.480 e. The maximum atomic E-state index is 9.92. The monoisotopic (exact) mass is 121 g/mol. The maximum Gasteiger partial charge on any atom is 0.324 e. The molecule has 46 valence electrons. The zero-order chi connectivity index (χ0) is 9.07. The van der Waals surface area contributed by atoms with Crippen molar-refractivity contribution in [3.63, 3.8) is 0 Å². The van der Waals surface area contributed by atoms with E-state index in [1.54, 1.807) is 0 Å². The van der Waals surface area contributed by atoms with Crippen molar-refractivity contribution in [3.05, 3.63) is 4.91 Å². The van der Waals surface area contributed by atoms with Gasteiger partial charge in [-0.25, -0.2) is 0 Å². The lowest BCUT2D eigenvalue weighted by Gasteiger charge is -2.00. The molecule has 0 aromatic rings. The molecule has 0 saturated heterocycles. The average Bonchev–Trinajstić information content (AvgIpc) is 1.79. The van der Waals surface area contributed by atoms with Crippen molar-refractivity contribution in [2.75, 3.05) is 13.5 Å². The molecule has 0 atom stereocenters. The number of nitrogens with zero attached hydrogens (tertiary/aromatic N) is 2. The molecule has 0 amide bonds. The van der Waals surface area contributed by atoms with Crippen LogP contribution >= 0.6 is 0 Å². The van der Waals surface area contributed by atoms with E-state index in [4.69, 9.17) is 9.22 Å². The number of hydrogen-bond acceptors (Lipinski definition) is 3. The van der Waals surface area contributed by atoms with Gasteiger partial charge in [-0.15, -0.1) is 4.91 Å². The van der Waals surface area contributed by atoms with Gasteiger partial charge in [-0.05, 0) is 0 Å². The molecule has 8 heavy (non-hydrogen) atoms. The molecule has 1 N–H and O–H groups in total. The van der Waals surface area contributed by atoms with E-state index < -0.39 is 19.5 Å². The minimum Gasteiger partial charge on any atom is -0.480 e. The van der Waals surface area contributed by atoms with E-state index >= 15 is 0 Å². The Morgan fingerprint density at radius 2 is 2.75 bits per heavy atom. The highest BCUT2D eigenvalue weighted by Crippen LogP contribution is 1.78. The zero-order valence-electron chi connectivity index (χ0n) is 6.87. The molecule has 0 spiro atoms. The highest BCUT2D eigenvalue weighted by Gasteiger charge is 1.99. The van der Waals surface area contributed by atoms with Crippen molar-refractivity contribution in [2.24, 2.45) is 5.29 Å². The lowest BCUT2D eigenvalue weighted by molar-refractivity contribution is -0.137. The number of aliphatic carboxylic acids is 1. The summed E-state index contributed by atoms with van der Waals surface area (Å²) in [5.41, 5.74) is 0. The van der Waals surface area contributed by atoms with Gasteiger partial charge in [0.05, 0.1) is 5.29 Å². The van der Waals surface area contributed by atoms with Crippen LogP contribution in [0, 0.1) is 4.91 Å². The SMILES string of the molecule is [2H]C([2H])([2H])N(CC(=O)O)N=O. The Morgan fingerprint density at radius 1 is 2.12 bits per heavy atom. The summed E-state index contributed by atoms with van der Waals surface area (Å²) < 4.78 is 19.8. The Bertz CT molecular complexity index is 168. The van der Waals surface area contributed by atoms with Crippen LogP contribution in [-0.2, 0) is 4.79 Å². The van der Waals surface area contributed by atoms with E-state index in [2.05, 4.69) is 0 Å². The second kappa shape index (κ2) is 2.95. The Balaban J connectivity index is 4.18. The summed E-state index contributed by atoms with van der Waals surface area (Å²) in [6.07, 6.45) is 0. The number of nitroso groups, excluding NO2 is 1. The number of carbonyl (C=O) groups is 1. The summed E-state index contributed by atoms with van der Waals surface area (Å²) in [4.78, 5) is 19.7. The predicted octanol–water partition coefficient (Wildman–Crippen LogP) is -0.316.